The van der Waals surface area contributed by atoms with Crippen LogP contribution in [0.4, 0.5) is 5.69 Å². The highest BCUT2D eigenvalue weighted by Gasteiger charge is 2.16. The molecule has 0 aliphatic carbocycles. The fourth-order valence-electron chi connectivity index (χ4n) is 1.80. The highest BCUT2D eigenvalue weighted by atomic mass is 35.5. The van der Waals surface area contributed by atoms with Crippen molar-refractivity contribution in [3.63, 3.8) is 0 Å². The first-order valence-corrected chi connectivity index (χ1v) is 8.18. The van der Waals surface area contributed by atoms with Gasteiger partial charge in [0.15, 0.2) is 5.75 Å². The molecule has 1 aromatic heterocycles. The lowest BCUT2D eigenvalue weighted by atomic mass is 10.2. The second-order valence-electron chi connectivity index (χ2n) is 4.90. The number of nitrogens with one attached hydrogen (secondary N) is 1. The molecular weight excluding hydrogens is 322 g/mol. The first kappa shape index (κ1) is 16.7. The Kier molecular flexibility index (Phi) is 5.76. The van der Waals surface area contributed by atoms with E-state index >= 15 is 0 Å². The molecule has 0 radical (unpaired) electrons. The third kappa shape index (κ3) is 4.19. The minimum Gasteiger partial charge on any atom is -0.487 e. The maximum Gasteiger partial charge on any atom is 0.275 e. The monoisotopic (exact) mass is 339 g/mol. The minimum atomic E-state index is -0.296. The highest BCUT2D eigenvalue weighted by Crippen LogP contribution is 2.34. The summed E-state index contributed by atoms with van der Waals surface area (Å²) in [6, 6.07) is 5.22. The number of rotatable bonds is 6. The molecule has 0 saturated heterocycles. The molecule has 2 rings (SSSR count). The number of benzene rings is 1. The Labute approximate surface area is 138 Å². The van der Waals surface area contributed by atoms with Gasteiger partial charge in [-0.05, 0) is 32.5 Å². The van der Waals surface area contributed by atoms with Crippen LogP contribution in [0.1, 0.15) is 29.3 Å². The van der Waals surface area contributed by atoms with Crippen LogP contribution in [0.5, 0.6) is 5.75 Å². The van der Waals surface area contributed by atoms with Crippen molar-refractivity contribution in [3.05, 3.63) is 39.3 Å². The van der Waals surface area contributed by atoms with Gasteiger partial charge in [-0.2, -0.15) is 0 Å². The lowest BCUT2D eigenvalue weighted by Crippen LogP contribution is -2.15. The molecule has 5 nitrogen and oxygen atoms in total. The number of nitrogens with two attached hydrogens (primary N) is 1. The molecule has 0 aliphatic rings. The van der Waals surface area contributed by atoms with E-state index in [1.165, 1.54) is 11.3 Å². The summed E-state index contributed by atoms with van der Waals surface area (Å²) in [4.78, 5) is 16.5. The van der Waals surface area contributed by atoms with E-state index < -0.39 is 0 Å². The number of carbonyl (C=O) groups excluding carboxylic acids is 1. The zero-order valence-electron chi connectivity index (χ0n) is 12.4. The van der Waals surface area contributed by atoms with Gasteiger partial charge in [-0.1, -0.05) is 17.7 Å². The first-order chi connectivity index (χ1) is 10.5. The molecule has 22 heavy (non-hydrogen) atoms. The van der Waals surface area contributed by atoms with Gasteiger partial charge in [0.1, 0.15) is 5.69 Å². The Hall–Kier alpha value is -1.63. The number of thiazole rings is 1. The average molecular weight is 340 g/mol. The molecule has 0 bridgehead atoms. The van der Waals surface area contributed by atoms with Crippen molar-refractivity contribution >= 4 is 34.5 Å². The first-order valence-electron chi connectivity index (χ1n) is 6.92. The molecule has 0 fully saturated rings. The van der Waals surface area contributed by atoms with E-state index in [9.17, 15) is 4.79 Å². The minimum absolute atomic E-state index is 0.0500. The van der Waals surface area contributed by atoms with Crippen LogP contribution in [0.3, 0.4) is 0 Å². The number of anilines is 1. The van der Waals surface area contributed by atoms with E-state index in [0.29, 0.717) is 35.1 Å². The molecule has 1 aromatic carbocycles. The van der Waals surface area contributed by atoms with Crippen LogP contribution in [0, 0.1) is 0 Å². The summed E-state index contributed by atoms with van der Waals surface area (Å²) in [7, 11) is 0. The van der Waals surface area contributed by atoms with Crippen molar-refractivity contribution < 1.29 is 9.53 Å². The van der Waals surface area contributed by atoms with Crippen molar-refractivity contribution in [2.24, 2.45) is 5.73 Å². The number of halogens is 1. The number of hydrogen-bond acceptors (Lipinski definition) is 5. The van der Waals surface area contributed by atoms with Gasteiger partial charge in [-0.3, -0.25) is 4.79 Å². The summed E-state index contributed by atoms with van der Waals surface area (Å²) in [6.07, 6.45) is 0.613. The van der Waals surface area contributed by atoms with Crippen LogP contribution in [0.25, 0.3) is 0 Å². The van der Waals surface area contributed by atoms with Crippen LogP contribution >= 0.6 is 22.9 Å². The average Bonchev–Trinajstić information content (AvgIpc) is 2.91. The molecule has 0 aliphatic heterocycles. The molecule has 2 aromatic rings. The molecule has 0 atom stereocenters. The third-order valence-corrected chi connectivity index (χ3v) is 3.92. The number of amides is 1. The van der Waals surface area contributed by atoms with Crippen LogP contribution in [-0.2, 0) is 6.42 Å². The quantitative estimate of drug-likeness (QED) is 0.846. The van der Waals surface area contributed by atoms with E-state index in [4.69, 9.17) is 22.1 Å². The Morgan fingerprint density at radius 2 is 2.27 bits per heavy atom. The summed E-state index contributed by atoms with van der Waals surface area (Å²) in [6.45, 7) is 4.30. The van der Waals surface area contributed by atoms with Crippen molar-refractivity contribution in [1.82, 2.24) is 4.98 Å². The summed E-state index contributed by atoms with van der Waals surface area (Å²) >= 11 is 7.57. The normalized spacial score (nSPS) is 10.8. The second-order valence-corrected chi connectivity index (χ2v) is 6.25. The number of aromatic nitrogens is 1. The third-order valence-electron chi connectivity index (χ3n) is 2.71. The maximum atomic E-state index is 12.3. The van der Waals surface area contributed by atoms with E-state index in [-0.39, 0.29) is 12.0 Å². The molecule has 0 spiro atoms. The van der Waals surface area contributed by atoms with Gasteiger partial charge in [-0.15, -0.1) is 11.3 Å². The zero-order chi connectivity index (χ0) is 16.1. The summed E-state index contributed by atoms with van der Waals surface area (Å²) < 4.78 is 5.68. The van der Waals surface area contributed by atoms with E-state index in [1.54, 1.807) is 23.6 Å². The number of nitrogens with zero attached hydrogens (tertiary/aromatic N) is 1. The number of ether oxygens (including phenoxy) is 1. The van der Waals surface area contributed by atoms with Crippen LogP contribution < -0.4 is 15.8 Å². The summed E-state index contributed by atoms with van der Waals surface area (Å²) in [5.74, 6) is 0.167. The van der Waals surface area contributed by atoms with E-state index in [1.807, 2.05) is 13.8 Å². The van der Waals surface area contributed by atoms with Gasteiger partial charge in [0.2, 0.25) is 0 Å². The smallest absolute Gasteiger partial charge is 0.275 e. The van der Waals surface area contributed by atoms with Crippen molar-refractivity contribution in [2.45, 2.75) is 26.4 Å². The topological polar surface area (TPSA) is 77.2 Å². The van der Waals surface area contributed by atoms with Crippen LogP contribution in [-0.4, -0.2) is 23.5 Å². The molecule has 3 N–H and O–H groups in total. The molecule has 0 unspecified atom stereocenters. The van der Waals surface area contributed by atoms with Crippen molar-refractivity contribution in [1.29, 1.82) is 0 Å². The van der Waals surface area contributed by atoms with Gasteiger partial charge in [0.25, 0.3) is 5.91 Å². The van der Waals surface area contributed by atoms with Gasteiger partial charge >= 0.3 is 0 Å². The Bertz CT molecular complexity index is 658. The maximum absolute atomic E-state index is 12.3. The Morgan fingerprint density at radius 1 is 1.50 bits per heavy atom. The summed E-state index contributed by atoms with van der Waals surface area (Å²) in [5.41, 5.74) is 6.38. The van der Waals surface area contributed by atoms with Gasteiger partial charge in [0.05, 0.1) is 21.8 Å². The SMILES string of the molecule is CC(C)Oc1c(Cl)cccc1NC(=O)c1csc(CCN)n1. The largest absolute Gasteiger partial charge is 0.487 e. The molecule has 1 amide bonds. The number of hydrogen-bond donors (Lipinski definition) is 2. The van der Waals surface area contributed by atoms with Crippen molar-refractivity contribution in [3.8, 4) is 5.75 Å². The lowest BCUT2D eigenvalue weighted by molar-refractivity contribution is 0.102. The zero-order valence-corrected chi connectivity index (χ0v) is 14.0. The van der Waals surface area contributed by atoms with Gasteiger partial charge in [-0.25, -0.2) is 4.98 Å². The molecule has 118 valence electrons. The standard InChI is InChI=1S/C15H18ClN3O2S/c1-9(2)21-14-10(16)4-3-5-11(14)19-15(20)12-8-22-13(18-12)6-7-17/h3-5,8-9H,6-7,17H2,1-2H3,(H,19,20). The summed E-state index contributed by atoms with van der Waals surface area (Å²) in [5, 5.41) is 5.81. The van der Waals surface area contributed by atoms with Crippen LogP contribution in [0.15, 0.2) is 23.6 Å². The fraction of sp³-hybridized carbons (Fsp3) is 0.333. The molecule has 1 heterocycles. The molecule has 7 heteroatoms. The highest BCUT2D eigenvalue weighted by molar-refractivity contribution is 7.09. The lowest BCUT2D eigenvalue weighted by Gasteiger charge is -2.15. The Balaban J connectivity index is 2.18. The van der Waals surface area contributed by atoms with Gasteiger partial charge < -0.3 is 15.8 Å². The predicted octanol–water partition coefficient (Wildman–Crippen LogP) is 3.34. The van der Waals surface area contributed by atoms with Gasteiger partial charge in [0, 0.05) is 11.8 Å². The second kappa shape index (κ2) is 7.58. The number of para-hydroxylation sites is 1. The predicted molar refractivity (Wildman–Crippen MR) is 90.0 cm³/mol. The van der Waals surface area contributed by atoms with E-state index in [0.717, 1.165) is 5.01 Å². The number of carbonyl (C=O) groups is 1. The van der Waals surface area contributed by atoms with E-state index in [2.05, 4.69) is 10.3 Å². The van der Waals surface area contributed by atoms with Crippen LogP contribution in [0.2, 0.25) is 5.02 Å². The van der Waals surface area contributed by atoms with Crippen molar-refractivity contribution in [2.75, 3.05) is 11.9 Å². The Morgan fingerprint density at radius 3 is 2.95 bits per heavy atom. The molecule has 0 saturated carbocycles. The fourth-order valence-corrected chi connectivity index (χ4v) is 2.82. The molecular formula is C15H18ClN3O2S.